The van der Waals surface area contributed by atoms with Gasteiger partial charge < -0.3 is 10.1 Å². The Bertz CT molecular complexity index is 851. The fourth-order valence-electron chi connectivity index (χ4n) is 2.47. The van der Waals surface area contributed by atoms with Gasteiger partial charge in [-0.15, -0.1) is 0 Å². The van der Waals surface area contributed by atoms with Crippen molar-refractivity contribution in [2.45, 2.75) is 16.4 Å². The van der Waals surface area contributed by atoms with Gasteiger partial charge in [0.25, 0.3) is 0 Å². The number of ether oxygens (including phenoxy) is 1. The molecule has 4 heteroatoms. The molecule has 3 aromatic rings. The smallest absolute Gasteiger partial charge is 0.121 e. The molecule has 1 heterocycles. The molecule has 0 spiro atoms. The van der Waals surface area contributed by atoms with Crippen LogP contribution in [0.15, 0.2) is 76.5 Å². The number of benzene rings is 3. The van der Waals surface area contributed by atoms with Crippen LogP contribution >= 0.6 is 23.4 Å². The summed E-state index contributed by atoms with van der Waals surface area (Å²) in [5, 5.41) is 4.16. The Hall–Kier alpha value is -2.10. The van der Waals surface area contributed by atoms with Crippen molar-refractivity contribution in [2.24, 2.45) is 0 Å². The summed E-state index contributed by atoms with van der Waals surface area (Å²) < 4.78 is 5.90. The molecule has 0 aliphatic carbocycles. The topological polar surface area (TPSA) is 21.3 Å². The van der Waals surface area contributed by atoms with Crippen molar-refractivity contribution in [1.82, 2.24) is 0 Å². The summed E-state index contributed by atoms with van der Waals surface area (Å²) in [4.78, 5) is 2.33. The van der Waals surface area contributed by atoms with E-state index in [9.17, 15) is 0 Å². The number of rotatable bonds is 3. The summed E-state index contributed by atoms with van der Waals surface area (Å²) in [6.07, 6.45) is 0. The van der Waals surface area contributed by atoms with Crippen LogP contribution in [0.4, 0.5) is 11.4 Å². The van der Waals surface area contributed by atoms with Crippen molar-refractivity contribution in [2.75, 3.05) is 5.32 Å². The van der Waals surface area contributed by atoms with E-state index in [0.717, 1.165) is 32.6 Å². The van der Waals surface area contributed by atoms with E-state index in [4.69, 9.17) is 16.3 Å². The summed E-state index contributed by atoms with van der Waals surface area (Å²) >= 11 is 7.79. The molecular weight excluding hydrogens is 326 g/mol. The molecule has 0 radical (unpaired) electrons. The third-order valence-electron chi connectivity index (χ3n) is 3.63. The Morgan fingerprint density at radius 1 is 0.870 bits per heavy atom. The first-order valence-electron chi connectivity index (χ1n) is 7.33. The fourth-order valence-corrected chi connectivity index (χ4v) is 3.64. The Morgan fingerprint density at radius 2 is 1.74 bits per heavy atom. The summed E-state index contributed by atoms with van der Waals surface area (Å²) in [5.41, 5.74) is 3.29. The van der Waals surface area contributed by atoms with Gasteiger partial charge in [0.2, 0.25) is 0 Å². The Morgan fingerprint density at radius 3 is 2.61 bits per heavy atom. The van der Waals surface area contributed by atoms with Crippen LogP contribution in [-0.2, 0) is 6.61 Å². The summed E-state index contributed by atoms with van der Waals surface area (Å²) in [5.74, 6) is 0.874. The van der Waals surface area contributed by atoms with Gasteiger partial charge in [-0.05, 0) is 42.0 Å². The molecule has 0 saturated heterocycles. The van der Waals surface area contributed by atoms with Gasteiger partial charge >= 0.3 is 0 Å². The number of fused-ring (bicyclic) bond motifs is 2. The fraction of sp³-hybridized carbons (Fsp3) is 0.0526. The van der Waals surface area contributed by atoms with Crippen LogP contribution in [0.5, 0.6) is 5.75 Å². The van der Waals surface area contributed by atoms with Crippen LogP contribution in [0.25, 0.3) is 0 Å². The van der Waals surface area contributed by atoms with Gasteiger partial charge in [-0.3, -0.25) is 0 Å². The molecule has 1 aliphatic rings. The van der Waals surface area contributed by atoms with E-state index in [2.05, 4.69) is 23.5 Å². The van der Waals surface area contributed by atoms with E-state index in [1.807, 2.05) is 48.5 Å². The minimum atomic E-state index is 0.573. The van der Waals surface area contributed by atoms with Crippen LogP contribution < -0.4 is 10.1 Å². The zero-order chi connectivity index (χ0) is 15.6. The molecule has 0 amide bonds. The van der Waals surface area contributed by atoms with Crippen molar-refractivity contribution in [1.29, 1.82) is 0 Å². The molecule has 0 fully saturated rings. The highest BCUT2D eigenvalue weighted by atomic mass is 35.5. The first kappa shape index (κ1) is 14.5. The van der Waals surface area contributed by atoms with Crippen molar-refractivity contribution >= 4 is 34.7 Å². The molecule has 23 heavy (non-hydrogen) atoms. The average Bonchev–Trinajstić information content (AvgIpc) is 2.59. The lowest BCUT2D eigenvalue weighted by molar-refractivity contribution is 0.305. The molecule has 0 saturated carbocycles. The van der Waals surface area contributed by atoms with Crippen LogP contribution in [0.3, 0.4) is 0 Å². The number of hydrogen-bond donors (Lipinski definition) is 1. The second kappa shape index (κ2) is 6.19. The molecular formula is C19H14ClNOS. The zero-order valence-electron chi connectivity index (χ0n) is 12.3. The predicted molar refractivity (Wildman–Crippen MR) is 96.1 cm³/mol. The molecule has 4 rings (SSSR count). The highest BCUT2D eigenvalue weighted by molar-refractivity contribution is 7.99. The number of hydrogen-bond acceptors (Lipinski definition) is 3. The number of halogens is 1. The van der Waals surface area contributed by atoms with E-state index in [1.54, 1.807) is 11.8 Å². The second-order valence-electron chi connectivity index (χ2n) is 5.30. The number of anilines is 2. The van der Waals surface area contributed by atoms with Gasteiger partial charge in [0.1, 0.15) is 12.4 Å². The van der Waals surface area contributed by atoms with Crippen molar-refractivity contribution in [3.8, 4) is 5.75 Å². The lowest BCUT2D eigenvalue weighted by atomic mass is 10.2. The Labute approximate surface area is 144 Å². The zero-order valence-corrected chi connectivity index (χ0v) is 13.8. The molecule has 1 N–H and O–H groups in total. The van der Waals surface area contributed by atoms with E-state index >= 15 is 0 Å². The molecule has 0 atom stereocenters. The van der Waals surface area contributed by atoms with Gasteiger partial charge in [0.05, 0.1) is 11.4 Å². The minimum Gasteiger partial charge on any atom is -0.489 e. The molecule has 0 bridgehead atoms. The van der Waals surface area contributed by atoms with Gasteiger partial charge in [-0.1, -0.05) is 53.7 Å². The van der Waals surface area contributed by atoms with Crippen LogP contribution in [0, 0.1) is 0 Å². The van der Waals surface area contributed by atoms with Crippen LogP contribution in [-0.4, -0.2) is 0 Å². The normalized spacial score (nSPS) is 12.0. The highest BCUT2D eigenvalue weighted by Gasteiger charge is 2.16. The van der Waals surface area contributed by atoms with Crippen molar-refractivity contribution in [3.63, 3.8) is 0 Å². The second-order valence-corrected chi connectivity index (χ2v) is 6.82. The molecule has 114 valence electrons. The summed E-state index contributed by atoms with van der Waals surface area (Å²) in [7, 11) is 0. The number of nitrogens with one attached hydrogen (secondary N) is 1. The third kappa shape index (κ3) is 3.16. The summed E-state index contributed by atoms with van der Waals surface area (Å²) in [6.45, 7) is 0.573. The molecule has 0 unspecified atom stereocenters. The molecule has 0 aromatic heterocycles. The maximum Gasteiger partial charge on any atom is 0.121 e. The van der Waals surface area contributed by atoms with E-state index in [-0.39, 0.29) is 0 Å². The van der Waals surface area contributed by atoms with Gasteiger partial charge in [-0.2, -0.15) is 0 Å². The maximum absolute atomic E-state index is 6.06. The predicted octanol–water partition coefficient (Wildman–Crippen LogP) is 6.13. The Kier molecular flexibility index (Phi) is 3.90. The monoisotopic (exact) mass is 339 g/mol. The quantitative estimate of drug-likeness (QED) is 0.485. The molecule has 3 aromatic carbocycles. The van der Waals surface area contributed by atoms with Gasteiger partial charge in [0, 0.05) is 14.8 Å². The highest BCUT2D eigenvalue weighted by Crippen LogP contribution is 2.46. The van der Waals surface area contributed by atoms with Crippen LogP contribution in [0.1, 0.15) is 5.56 Å². The van der Waals surface area contributed by atoms with E-state index < -0.39 is 0 Å². The first-order valence-corrected chi connectivity index (χ1v) is 8.52. The van der Waals surface area contributed by atoms with Gasteiger partial charge in [0.15, 0.2) is 0 Å². The van der Waals surface area contributed by atoms with E-state index in [0.29, 0.717) is 6.61 Å². The average molecular weight is 340 g/mol. The lowest BCUT2D eigenvalue weighted by Gasteiger charge is -2.21. The third-order valence-corrected chi connectivity index (χ3v) is 5.00. The van der Waals surface area contributed by atoms with Crippen molar-refractivity contribution in [3.05, 3.63) is 77.3 Å². The minimum absolute atomic E-state index is 0.573. The standard InChI is InChI=1S/C19H14ClNOS/c20-14-6-9-18-17(10-14)21-16-8-7-15(11-19(16)23-18)22-12-13-4-2-1-3-5-13/h1-11,21H,12H2. The first-order chi connectivity index (χ1) is 11.3. The lowest BCUT2D eigenvalue weighted by Crippen LogP contribution is -2.01. The SMILES string of the molecule is Clc1ccc2c(c1)Nc1ccc(OCc3ccccc3)cc1S2. The largest absolute Gasteiger partial charge is 0.489 e. The van der Waals surface area contributed by atoms with Crippen molar-refractivity contribution < 1.29 is 4.74 Å². The molecule has 2 nitrogen and oxygen atoms in total. The Balaban J connectivity index is 1.53. The van der Waals surface area contributed by atoms with Gasteiger partial charge in [-0.25, -0.2) is 0 Å². The maximum atomic E-state index is 6.06. The molecule has 1 aliphatic heterocycles. The van der Waals surface area contributed by atoms with E-state index in [1.165, 1.54) is 4.90 Å². The summed E-state index contributed by atoms with van der Waals surface area (Å²) in [6, 6.07) is 22.2. The van der Waals surface area contributed by atoms with Crippen LogP contribution in [0.2, 0.25) is 5.02 Å².